The number of hydrogen-bond donors (Lipinski definition) is 0. The fraction of sp³-hybridized carbons (Fsp3) is 0.188. The van der Waals surface area contributed by atoms with Crippen molar-refractivity contribution < 1.29 is 4.39 Å². The molecule has 0 saturated carbocycles. The Balaban J connectivity index is 1.86. The zero-order valence-corrected chi connectivity index (χ0v) is 12.7. The lowest BCUT2D eigenvalue weighted by molar-refractivity contribution is 0.624. The molecule has 0 fully saturated rings. The molecule has 0 unspecified atom stereocenters. The van der Waals surface area contributed by atoms with Crippen LogP contribution in [0.3, 0.4) is 0 Å². The molecule has 0 aliphatic carbocycles. The summed E-state index contributed by atoms with van der Waals surface area (Å²) in [4.78, 5) is 4.64. The number of imidazole rings is 1. The first-order chi connectivity index (χ1) is 9.63. The largest absolute Gasteiger partial charge is 0.331 e. The van der Waals surface area contributed by atoms with Crippen molar-refractivity contribution in [3.8, 4) is 0 Å². The van der Waals surface area contributed by atoms with Crippen molar-refractivity contribution in [2.45, 2.75) is 12.8 Å². The SMILES string of the molecule is Cn1c(CCc2cccc(F)c2)nc2ccc(Br)cc21. The Morgan fingerprint density at radius 2 is 2.00 bits per heavy atom. The van der Waals surface area contributed by atoms with Gasteiger partial charge in [0.2, 0.25) is 0 Å². The van der Waals surface area contributed by atoms with Gasteiger partial charge in [-0.15, -0.1) is 0 Å². The summed E-state index contributed by atoms with van der Waals surface area (Å²) in [6.07, 6.45) is 1.59. The van der Waals surface area contributed by atoms with Crippen LogP contribution in [0.1, 0.15) is 11.4 Å². The minimum Gasteiger partial charge on any atom is -0.331 e. The molecule has 0 atom stereocenters. The molecule has 2 nitrogen and oxygen atoms in total. The monoisotopic (exact) mass is 332 g/mol. The standard InChI is InChI=1S/C16H14BrFN2/c1-20-15-10-12(17)6-7-14(15)19-16(20)8-5-11-3-2-4-13(18)9-11/h2-4,6-7,9-10H,5,8H2,1H3. The summed E-state index contributed by atoms with van der Waals surface area (Å²) in [6, 6.07) is 12.8. The summed E-state index contributed by atoms with van der Waals surface area (Å²) in [7, 11) is 2.02. The van der Waals surface area contributed by atoms with Crippen molar-refractivity contribution in [3.05, 3.63) is 64.1 Å². The number of nitrogens with zero attached hydrogens (tertiary/aromatic N) is 2. The van der Waals surface area contributed by atoms with E-state index in [1.54, 1.807) is 12.1 Å². The quantitative estimate of drug-likeness (QED) is 0.700. The third kappa shape index (κ3) is 2.61. The topological polar surface area (TPSA) is 17.8 Å². The Morgan fingerprint density at radius 1 is 1.15 bits per heavy atom. The Labute approximate surface area is 125 Å². The van der Waals surface area contributed by atoms with Crippen LogP contribution >= 0.6 is 15.9 Å². The van der Waals surface area contributed by atoms with Crippen LogP contribution in [0.15, 0.2) is 46.9 Å². The molecular formula is C16H14BrFN2. The predicted molar refractivity (Wildman–Crippen MR) is 82.2 cm³/mol. The molecule has 3 aromatic rings. The van der Waals surface area contributed by atoms with E-state index >= 15 is 0 Å². The molecule has 0 saturated heterocycles. The number of hydrogen-bond acceptors (Lipinski definition) is 1. The highest BCUT2D eigenvalue weighted by Crippen LogP contribution is 2.21. The summed E-state index contributed by atoms with van der Waals surface area (Å²) in [6.45, 7) is 0. The van der Waals surface area contributed by atoms with Gasteiger partial charge in [-0.1, -0.05) is 28.1 Å². The first kappa shape index (κ1) is 13.3. The van der Waals surface area contributed by atoms with E-state index in [4.69, 9.17) is 0 Å². The second kappa shape index (κ2) is 5.37. The van der Waals surface area contributed by atoms with Crippen LogP contribution in [-0.2, 0) is 19.9 Å². The van der Waals surface area contributed by atoms with Crippen molar-refractivity contribution in [2.24, 2.45) is 7.05 Å². The molecule has 0 amide bonds. The molecular weight excluding hydrogens is 319 g/mol. The number of halogens is 2. The second-order valence-electron chi connectivity index (χ2n) is 4.85. The predicted octanol–water partition coefficient (Wildman–Crippen LogP) is 4.26. The van der Waals surface area contributed by atoms with E-state index in [0.29, 0.717) is 0 Å². The first-order valence-corrected chi connectivity index (χ1v) is 7.28. The summed E-state index contributed by atoms with van der Waals surface area (Å²) in [5, 5.41) is 0. The molecule has 0 spiro atoms. The van der Waals surface area contributed by atoms with Crippen molar-refractivity contribution in [2.75, 3.05) is 0 Å². The number of rotatable bonds is 3. The number of fused-ring (bicyclic) bond motifs is 1. The fourth-order valence-corrected chi connectivity index (χ4v) is 2.73. The van der Waals surface area contributed by atoms with Crippen LogP contribution in [0.25, 0.3) is 11.0 Å². The first-order valence-electron chi connectivity index (χ1n) is 6.49. The molecule has 102 valence electrons. The molecule has 0 bridgehead atoms. The lowest BCUT2D eigenvalue weighted by Gasteiger charge is -2.03. The van der Waals surface area contributed by atoms with Gasteiger partial charge in [0, 0.05) is 17.9 Å². The van der Waals surface area contributed by atoms with Crippen LogP contribution in [0, 0.1) is 5.82 Å². The van der Waals surface area contributed by atoms with Gasteiger partial charge >= 0.3 is 0 Å². The fourth-order valence-electron chi connectivity index (χ4n) is 2.39. The summed E-state index contributed by atoms with van der Waals surface area (Å²) >= 11 is 3.48. The van der Waals surface area contributed by atoms with Crippen LogP contribution in [0.2, 0.25) is 0 Å². The minimum absolute atomic E-state index is 0.184. The lowest BCUT2D eigenvalue weighted by Crippen LogP contribution is -2.00. The second-order valence-corrected chi connectivity index (χ2v) is 5.77. The molecule has 0 aliphatic heterocycles. The Hall–Kier alpha value is -1.68. The van der Waals surface area contributed by atoms with E-state index in [9.17, 15) is 4.39 Å². The molecule has 0 aliphatic rings. The summed E-state index contributed by atoms with van der Waals surface area (Å²) in [5.74, 6) is 0.832. The smallest absolute Gasteiger partial charge is 0.123 e. The molecule has 0 N–H and O–H groups in total. The Kier molecular flexibility index (Phi) is 3.57. The number of aryl methyl sites for hydroxylation is 3. The highest BCUT2D eigenvalue weighted by atomic mass is 79.9. The van der Waals surface area contributed by atoms with Crippen LogP contribution in [0.4, 0.5) is 4.39 Å². The van der Waals surface area contributed by atoms with Gasteiger partial charge in [0.05, 0.1) is 11.0 Å². The third-order valence-corrected chi connectivity index (χ3v) is 3.96. The Bertz CT molecular complexity index is 764. The van der Waals surface area contributed by atoms with E-state index in [-0.39, 0.29) is 5.82 Å². The zero-order valence-electron chi connectivity index (χ0n) is 11.1. The molecule has 4 heteroatoms. The average Bonchev–Trinajstić information content (AvgIpc) is 2.73. The van der Waals surface area contributed by atoms with Gasteiger partial charge in [-0.05, 0) is 42.3 Å². The maximum absolute atomic E-state index is 13.2. The van der Waals surface area contributed by atoms with E-state index in [0.717, 1.165) is 39.7 Å². The normalized spacial score (nSPS) is 11.2. The maximum atomic E-state index is 13.2. The van der Waals surface area contributed by atoms with E-state index in [1.165, 1.54) is 6.07 Å². The van der Waals surface area contributed by atoms with E-state index in [1.807, 2.05) is 25.2 Å². The average molecular weight is 333 g/mol. The molecule has 2 aromatic carbocycles. The third-order valence-electron chi connectivity index (χ3n) is 3.46. The van der Waals surface area contributed by atoms with Gasteiger partial charge in [-0.25, -0.2) is 9.37 Å². The maximum Gasteiger partial charge on any atom is 0.123 e. The van der Waals surface area contributed by atoms with Crippen LogP contribution < -0.4 is 0 Å². The van der Waals surface area contributed by atoms with Gasteiger partial charge in [0.1, 0.15) is 11.6 Å². The van der Waals surface area contributed by atoms with Crippen molar-refractivity contribution in [1.29, 1.82) is 0 Å². The molecule has 1 aromatic heterocycles. The van der Waals surface area contributed by atoms with Gasteiger partial charge in [-0.2, -0.15) is 0 Å². The molecule has 0 radical (unpaired) electrons. The van der Waals surface area contributed by atoms with E-state index < -0.39 is 0 Å². The minimum atomic E-state index is -0.184. The van der Waals surface area contributed by atoms with Crippen molar-refractivity contribution in [1.82, 2.24) is 9.55 Å². The Morgan fingerprint density at radius 3 is 2.80 bits per heavy atom. The van der Waals surface area contributed by atoms with Gasteiger partial charge in [0.15, 0.2) is 0 Å². The van der Waals surface area contributed by atoms with Crippen molar-refractivity contribution in [3.63, 3.8) is 0 Å². The highest BCUT2D eigenvalue weighted by molar-refractivity contribution is 9.10. The zero-order chi connectivity index (χ0) is 14.1. The molecule has 1 heterocycles. The van der Waals surface area contributed by atoms with Gasteiger partial charge < -0.3 is 4.57 Å². The van der Waals surface area contributed by atoms with Crippen LogP contribution in [0.5, 0.6) is 0 Å². The lowest BCUT2D eigenvalue weighted by atomic mass is 10.1. The summed E-state index contributed by atoms with van der Waals surface area (Å²) < 4.78 is 16.3. The highest BCUT2D eigenvalue weighted by Gasteiger charge is 2.08. The van der Waals surface area contributed by atoms with Gasteiger partial charge in [-0.3, -0.25) is 0 Å². The van der Waals surface area contributed by atoms with Gasteiger partial charge in [0.25, 0.3) is 0 Å². The molecule has 20 heavy (non-hydrogen) atoms. The summed E-state index contributed by atoms with van der Waals surface area (Å²) in [5.41, 5.74) is 3.09. The molecule has 3 rings (SSSR count). The van der Waals surface area contributed by atoms with Crippen molar-refractivity contribution >= 4 is 27.0 Å². The van der Waals surface area contributed by atoms with Crippen LogP contribution in [-0.4, -0.2) is 9.55 Å². The number of benzene rings is 2. The number of aromatic nitrogens is 2. The van der Waals surface area contributed by atoms with E-state index in [2.05, 4.69) is 31.5 Å².